The third-order valence-corrected chi connectivity index (χ3v) is 1.96. The first kappa shape index (κ1) is 12.8. The van der Waals surface area contributed by atoms with E-state index in [9.17, 15) is 9.90 Å². The first-order valence-corrected chi connectivity index (χ1v) is 5.00. The standard InChI is InChI=1S/C13H14O4/c1-3-8-17-13(15)7-5-10-4-6-11(14)12(9-10)16-2/h3-7,9,14H,1,8H2,2H3/b7-5+. The quantitative estimate of drug-likeness (QED) is 0.482. The van der Waals surface area contributed by atoms with Gasteiger partial charge in [-0.15, -0.1) is 0 Å². The molecule has 0 amide bonds. The van der Waals surface area contributed by atoms with Crippen molar-refractivity contribution in [1.29, 1.82) is 0 Å². The number of phenols is 1. The average Bonchev–Trinajstić information content (AvgIpc) is 2.35. The van der Waals surface area contributed by atoms with Crippen LogP contribution in [0.2, 0.25) is 0 Å². The Kier molecular flexibility index (Phi) is 4.81. The predicted molar refractivity (Wildman–Crippen MR) is 64.8 cm³/mol. The number of benzene rings is 1. The lowest BCUT2D eigenvalue weighted by Gasteiger charge is -2.03. The van der Waals surface area contributed by atoms with Crippen molar-refractivity contribution in [2.24, 2.45) is 0 Å². The van der Waals surface area contributed by atoms with Crippen molar-refractivity contribution >= 4 is 12.0 Å². The summed E-state index contributed by atoms with van der Waals surface area (Å²) >= 11 is 0. The van der Waals surface area contributed by atoms with Crippen molar-refractivity contribution < 1.29 is 19.4 Å². The molecule has 0 saturated heterocycles. The molecule has 0 aliphatic heterocycles. The molecule has 0 aliphatic rings. The van der Waals surface area contributed by atoms with E-state index in [2.05, 4.69) is 6.58 Å². The van der Waals surface area contributed by atoms with E-state index in [1.807, 2.05) is 0 Å². The first-order valence-electron chi connectivity index (χ1n) is 5.00. The molecule has 0 spiro atoms. The number of carbonyl (C=O) groups is 1. The van der Waals surface area contributed by atoms with E-state index in [1.165, 1.54) is 25.3 Å². The Bertz CT molecular complexity index is 435. The fourth-order valence-electron chi connectivity index (χ4n) is 1.15. The highest BCUT2D eigenvalue weighted by Gasteiger charge is 2.01. The summed E-state index contributed by atoms with van der Waals surface area (Å²) in [6, 6.07) is 4.77. The topological polar surface area (TPSA) is 55.8 Å². The lowest BCUT2D eigenvalue weighted by atomic mass is 10.2. The Labute approximate surface area is 99.8 Å². The van der Waals surface area contributed by atoms with Crippen LogP contribution < -0.4 is 4.74 Å². The van der Waals surface area contributed by atoms with E-state index in [0.29, 0.717) is 5.75 Å². The molecule has 1 rings (SSSR count). The summed E-state index contributed by atoms with van der Waals surface area (Å²) in [5, 5.41) is 9.38. The Morgan fingerprint density at radius 1 is 1.53 bits per heavy atom. The molecule has 0 radical (unpaired) electrons. The van der Waals surface area contributed by atoms with Gasteiger partial charge in [-0.25, -0.2) is 4.79 Å². The molecule has 17 heavy (non-hydrogen) atoms. The molecule has 0 aromatic heterocycles. The van der Waals surface area contributed by atoms with E-state index in [0.717, 1.165) is 5.56 Å². The van der Waals surface area contributed by atoms with Gasteiger partial charge in [0.15, 0.2) is 11.5 Å². The molecule has 0 saturated carbocycles. The lowest BCUT2D eigenvalue weighted by molar-refractivity contribution is -0.136. The largest absolute Gasteiger partial charge is 0.504 e. The van der Waals surface area contributed by atoms with Gasteiger partial charge in [0.1, 0.15) is 6.61 Å². The van der Waals surface area contributed by atoms with Crippen molar-refractivity contribution in [3.05, 3.63) is 42.5 Å². The van der Waals surface area contributed by atoms with Gasteiger partial charge in [0.05, 0.1) is 7.11 Å². The van der Waals surface area contributed by atoms with Crippen LogP contribution in [0.4, 0.5) is 0 Å². The van der Waals surface area contributed by atoms with Crippen LogP contribution in [0.3, 0.4) is 0 Å². The van der Waals surface area contributed by atoms with Crippen molar-refractivity contribution in [2.75, 3.05) is 13.7 Å². The minimum absolute atomic E-state index is 0.0545. The number of ether oxygens (including phenoxy) is 2. The molecule has 90 valence electrons. The van der Waals surface area contributed by atoms with Gasteiger partial charge in [-0.05, 0) is 23.8 Å². The Balaban J connectivity index is 2.71. The maximum absolute atomic E-state index is 11.2. The molecule has 0 heterocycles. The minimum atomic E-state index is -0.447. The second-order valence-electron chi connectivity index (χ2n) is 3.18. The van der Waals surface area contributed by atoms with Gasteiger partial charge in [-0.2, -0.15) is 0 Å². The monoisotopic (exact) mass is 234 g/mol. The van der Waals surface area contributed by atoms with Crippen LogP contribution in [0.5, 0.6) is 11.5 Å². The second kappa shape index (κ2) is 6.37. The Morgan fingerprint density at radius 3 is 2.94 bits per heavy atom. The zero-order chi connectivity index (χ0) is 12.7. The molecule has 4 heteroatoms. The van der Waals surface area contributed by atoms with Gasteiger partial charge in [-0.1, -0.05) is 18.7 Å². The number of hydrogen-bond donors (Lipinski definition) is 1. The van der Waals surface area contributed by atoms with E-state index >= 15 is 0 Å². The van der Waals surface area contributed by atoms with Crippen molar-refractivity contribution in [1.82, 2.24) is 0 Å². The fraction of sp³-hybridized carbons (Fsp3) is 0.154. The van der Waals surface area contributed by atoms with Gasteiger partial charge >= 0.3 is 5.97 Å². The normalized spacial score (nSPS) is 10.2. The van der Waals surface area contributed by atoms with Crippen LogP contribution in [0, 0.1) is 0 Å². The van der Waals surface area contributed by atoms with Crippen LogP contribution in [0.15, 0.2) is 36.9 Å². The molecule has 4 nitrogen and oxygen atoms in total. The number of aromatic hydroxyl groups is 1. The number of phenolic OH excluding ortho intramolecular Hbond substituents is 1. The molecule has 1 aromatic rings. The van der Waals surface area contributed by atoms with Crippen molar-refractivity contribution in [3.63, 3.8) is 0 Å². The van der Waals surface area contributed by atoms with Crippen LogP contribution in [0.25, 0.3) is 6.08 Å². The van der Waals surface area contributed by atoms with E-state index in [4.69, 9.17) is 9.47 Å². The zero-order valence-electron chi connectivity index (χ0n) is 9.55. The maximum Gasteiger partial charge on any atom is 0.331 e. The molecule has 1 aromatic carbocycles. The number of rotatable bonds is 5. The lowest BCUT2D eigenvalue weighted by Crippen LogP contribution is -1.99. The van der Waals surface area contributed by atoms with Gasteiger partial charge in [0, 0.05) is 6.08 Å². The summed E-state index contributed by atoms with van der Waals surface area (Å²) in [6.45, 7) is 3.62. The molecular weight excluding hydrogens is 220 g/mol. The first-order chi connectivity index (χ1) is 8.17. The Morgan fingerprint density at radius 2 is 2.29 bits per heavy atom. The molecule has 1 N–H and O–H groups in total. The summed E-state index contributed by atoms with van der Waals surface area (Å²) in [4.78, 5) is 11.2. The van der Waals surface area contributed by atoms with Crippen LogP contribution in [-0.4, -0.2) is 24.8 Å². The van der Waals surface area contributed by atoms with Crippen molar-refractivity contribution in [3.8, 4) is 11.5 Å². The van der Waals surface area contributed by atoms with Crippen molar-refractivity contribution in [2.45, 2.75) is 0 Å². The molecule has 0 atom stereocenters. The smallest absolute Gasteiger partial charge is 0.331 e. The van der Waals surface area contributed by atoms with Gasteiger partial charge in [0.25, 0.3) is 0 Å². The molecule has 0 bridgehead atoms. The average molecular weight is 234 g/mol. The van der Waals surface area contributed by atoms with Gasteiger partial charge in [0.2, 0.25) is 0 Å². The molecule has 0 unspecified atom stereocenters. The van der Waals surface area contributed by atoms with E-state index < -0.39 is 5.97 Å². The van der Waals surface area contributed by atoms with Crippen LogP contribution in [-0.2, 0) is 9.53 Å². The number of hydrogen-bond acceptors (Lipinski definition) is 4. The van der Waals surface area contributed by atoms with E-state index in [-0.39, 0.29) is 12.4 Å². The maximum atomic E-state index is 11.2. The highest BCUT2D eigenvalue weighted by Crippen LogP contribution is 2.26. The fourth-order valence-corrected chi connectivity index (χ4v) is 1.15. The highest BCUT2D eigenvalue weighted by atomic mass is 16.5. The van der Waals surface area contributed by atoms with Crippen LogP contribution >= 0.6 is 0 Å². The molecular formula is C13H14O4. The highest BCUT2D eigenvalue weighted by molar-refractivity contribution is 5.87. The summed E-state index contributed by atoms with van der Waals surface area (Å²) in [7, 11) is 1.46. The second-order valence-corrected chi connectivity index (χ2v) is 3.18. The molecule has 0 fully saturated rings. The van der Waals surface area contributed by atoms with E-state index in [1.54, 1.807) is 18.2 Å². The van der Waals surface area contributed by atoms with Crippen LogP contribution in [0.1, 0.15) is 5.56 Å². The van der Waals surface area contributed by atoms with Gasteiger partial charge in [-0.3, -0.25) is 0 Å². The summed E-state index contributed by atoms with van der Waals surface area (Å²) in [6.07, 6.45) is 4.37. The number of methoxy groups -OCH3 is 1. The summed E-state index contributed by atoms with van der Waals surface area (Å²) < 4.78 is 9.71. The minimum Gasteiger partial charge on any atom is -0.504 e. The number of carbonyl (C=O) groups excluding carboxylic acids is 1. The third-order valence-electron chi connectivity index (χ3n) is 1.96. The number of esters is 1. The predicted octanol–water partition coefficient (Wildman–Crippen LogP) is 2.14. The summed E-state index contributed by atoms with van der Waals surface area (Å²) in [5.74, 6) is -0.0394. The Hall–Kier alpha value is -2.23. The summed E-state index contributed by atoms with van der Waals surface area (Å²) in [5.41, 5.74) is 0.732. The van der Waals surface area contributed by atoms with Gasteiger partial charge < -0.3 is 14.6 Å². The third kappa shape index (κ3) is 4.03. The SMILES string of the molecule is C=CCOC(=O)/C=C/c1ccc(O)c(OC)c1. The molecule has 0 aliphatic carbocycles. The zero-order valence-corrected chi connectivity index (χ0v) is 9.55.